The second-order valence-corrected chi connectivity index (χ2v) is 7.94. The molecule has 0 saturated carbocycles. The molecule has 6 nitrogen and oxygen atoms in total. The fourth-order valence-electron chi connectivity index (χ4n) is 2.60. The minimum Gasteiger partial charge on any atom is -0.394 e. The zero-order valence-electron chi connectivity index (χ0n) is 15.8. The number of aliphatic hydroxyl groups excluding tert-OH is 1. The molecule has 0 saturated heterocycles. The molecule has 3 N–H and O–H groups in total. The number of amides is 2. The third-order valence-electron chi connectivity index (χ3n) is 3.91. The Kier molecular flexibility index (Phi) is 5.23. The summed E-state index contributed by atoms with van der Waals surface area (Å²) in [6.45, 7) is 11.6. The molecule has 0 aliphatic carbocycles. The lowest BCUT2D eigenvalue weighted by molar-refractivity contribution is 0.187. The van der Waals surface area contributed by atoms with Crippen LogP contribution in [-0.4, -0.2) is 33.1 Å². The Morgan fingerprint density at radius 1 is 1.16 bits per heavy atom. The molecular formula is C19H28N4O2. The van der Waals surface area contributed by atoms with Gasteiger partial charge in [0.1, 0.15) is 5.82 Å². The average molecular weight is 344 g/mol. The molecule has 0 bridgehead atoms. The Bertz CT molecular complexity index is 743. The SMILES string of the molecule is Cc1c(C(C)(C)C)nn(-c2ccccc2)c1NC(=O)NC(C)(C)CO. The van der Waals surface area contributed by atoms with Crippen LogP contribution in [0.3, 0.4) is 0 Å². The van der Waals surface area contributed by atoms with Gasteiger partial charge in [0, 0.05) is 11.0 Å². The summed E-state index contributed by atoms with van der Waals surface area (Å²) in [5.74, 6) is 0.627. The highest BCUT2D eigenvalue weighted by molar-refractivity contribution is 5.90. The maximum absolute atomic E-state index is 12.4. The van der Waals surface area contributed by atoms with E-state index in [4.69, 9.17) is 5.10 Å². The summed E-state index contributed by atoms with van der Waals surface area (Å²) in [7, 11) is 0. The van der Waals surface area contributed by atoms with Crippen LogP contribution in [-0.2, 0) is 5.41 Å². The average Bonchev–Trinajstić information content (AvgIpc) is 2.85. The normalized spacial score (nSPS) is 12.1. The van der Waals surface area contributed by atoms with Crippen molar-refractivity contribution in [3.05, 3.63) is 41.6 Å². The molecule has 0 spiro atoms. The van der Waals surface area contributed by atoms with Gasteiger partial charge < -0.3 is 10.4 Å². The maximum Gasteiger partial charge on any atom is 0.320 e. The predicted molar refractivity (Wildman–Crippen MR) is 100 cm³/mol. The predicted octanol–water partition coefficient (Wildman–Crippen LogP) is 3.37. The van der Waals surface area contributed by atoms with Crippen LogP contribution < -0.4 is 10.6 Å². The molecule has 0 radical (unpaired) electrons. The van der Waals surface area contributed by atoms with E-state index >= 15 is 0 Å². The molecule has 1 aromatic heterocycles. The molecule has 0 unspecified atom stereocenters. The molecular weight excluding hydrogens is 316 g/mol. The van der Waals surface area contributed by atoms with Gasteiger partial charge >= 0.3 is 6.03 Å². The number of carbonyl (C=O) groups is 1. The highest BCUT2D eigenvalue weighted by Gasteiger charge is 2.27. The third kappa shape index (κ3) is 4.39. The van der Waals surface area contributed by atoms with Crippen molar-refractivity contribution in [3.8, 4) is 5.69 Å². The van der Waals surface area contributed by atoms with Crippen molar-refractivity contribution >= 4 is 11.8 Å². The summed E-state index contributed by atoms with van der Waals surface area (Å²) in [6.07, 6.45) is 0. The number of urea groups is 1. The summed E-state index contributed by atoms with van der Waals surface area (Å²) < 4.78 is 1.75. The Morgan fingerprint density at radius 2 is 1.76 bits per heavy atom. The summed E-state index contributed by atoms with van der Waals surface area (Å²) in [6, 6.07) is 9.32. The summed E-state index contributed by atoms with van der Waals surface area (Å²) in [5.41, 5.74) is 1.86. The fourth-order valence-corrected chi connectivity index (χ4v) is 2.60. The largest absolute Gasteiger partial charge is 0.394 e. The summed E-state index contributed by atoms with van der Waals surface area (Å²) in [5, 5.41) is 19.8. The Labute approximate surface area is 149 Å². The first kappa shape index (κ1) is 19.0. The highest BCUT2D eigenvalue weighted by Crippen LogP contribution is 2.31. The van der Waals surface area contributed by atoms with Gasteiger partial charge in [-0.2, -0.15) is 5.10 Å². The molecule has 136 valence electrons. The number of rotatable bonds is 4. The van der Waals surface area contributed by atoms with E-state index in [1.807, 2.05) is 37.3 Å². The van der Waals surface area contributed by atoms with Gasteiger partial charge in [0.05, 0.1) is 23.5 Å². The van der Waals surface area contributed by atoms with E-state index < -0.39 is 5.54 Å². The first-order valence-electron chi connectivity index (χ1n) is 8.41. The monoisotopic (exact) mass is 344 g/mol. The lowest BCUT2D eigenvalue weighted by Gasteiger charge is -2.23. The van der Waals surface area contributed by atoms with E-state index in [1.165, 1.54) is 0 Å². The van der Waals surface area contributed by atoms with Crippen molar-refractivity contribution in [2.75, 3.05) is 11.9 Å². The molecule has 2 amide bonds. The van der Waals surface area contributed by atoms with Crippen LogP contribution in [0.2, 0.25) is 0 Å². The lowest BCUT2D eigenvalue weighted by Crippen LogP contribution is -2.48. The second-order valence-electron chi connectivity index (χ2n) is 7.94. The zero-order chi connectivity index (χ0) is 18.8. The Balaban J connectivity index is 2.45. The van der Waals surface area contributed by atoms with Crippen LogP contribution in [0, 0.1) is 6.92 Å². The molecule has 2 rings (SSSR count). The van der Waals surface area contributed by atoms with Gasteiger partial charge in [-0.15, -0.1) is 0 Å². The van der Waals surface area contributed by atoms with E-state index in [0.29, 0.717) is 5.82 Å². The zero-order valence-corrected chi connectivity index (χ0v) is 15.8. The number of anilines is 1. The third-order valence-corrected chi connectivity index (χ3v) is 3.91. The molecule has 1 heterocycles. The van der Waals surface area contributed by atoms with E-state index in [-0.39, 0.29) is 18.1 Å². The molecule has 2 aromatic rings. The number of benzene rings is 1. The van der Waals surface area contributed by atoms with Gasteiger partial charge in [0.25, 0.3) is 0 Å². The van der Waals surface area contributed by atoms with Gasteiger partial charge in [-0.3, -0.25) is 5.32 Å². The number of nitrogens with one attached hydrogen (secondary N) is 2. The van der Waals surface area contributed by atoms with Crippen molar-refractivity contribution < 1.29 is 9.90 Å². The second kappa shape index (κ2) is 6.88. The van der Waals surface area contributed by atoms with Crippen molar-refractivity contribution in [2.24, 2.45) is 0 Å². The first-order chi connectivity index (χ1) is 11.5. The highest BCUT2D eigenvalue weighted by atomic mass is 16.3. The van der Waals surface area contributed by atoms with Crippen LogP contribution in [0.5, 0.6) is 0 Å². The minimum atomic E-state index is -0.706. The summed E-state index contributed by atoms with van der Waals surface area (Å²) >= 11 is 0. The standard InChI is InChI=1S/C19H28N4O2/c1-13-15(18(2,3)4)22-23(14-10-8-7-9-11-14)16(13)20-17(25)21-19(5,6)12-24/h7-11,24H,12H2,1-6H3,(H2,20,21,25). The van der Waals surface area contributed by atoms with Gasteiger partial charge in [0.15, 0.2) is 0 Å². The first-order valence-corrected chi connectivity index (χ1v) is 8.41. The molecule has 0 aliphatic rings. The molecule has 0 aliphatic heterocycles. The molecule has 6 heteroatoms. The quantitative estimate of drug-likeness (QED) is 0.795. The molecule has 1 aromatic carbocycles. The number of aliphatic hydroxyl groups is 1. The van der Waals surface area contributed by atoms with Gasteiger partial charge in [-0.1, -0.05) is 39.0 Å². The van der Waals surface area contributed by atoms with Crippen LogP contribution in [0.1, 0.15) is 45.9 Å². The van der Waals surface area contributed by atoms with Crippen molar-refractivity contribution in [1.29, 1.82) is 0 Å². The van der Waals surface area contributed by atoms with Crippen molar-refractivity contribution in [1.82, 2.24) is 15.1 Å². The van der Waals surface area contributed by atoms with Gasteiger partial charge in [-0.25, -0.2) is 9.48 Å². The number of hydrogen-bond donors (Lipinski definition) is 3. The van der Waals surface area contributed by atoms with Crippen LogP contribution in [0.4, 0.5) is 10.6 Å². The van der Waals surface area contributed by atoms with Crippen LogP contribution in [0.15, 0.2) is 30.3 Å². The number of aromatic nitrogens is 2. The van der Waals surface area contributed by atoms with Crippen LogP contribution in [0.25, 0.3) is 5.69 Å². The number of hydrogen-bond acceptors (Lipinski definition) is 3. The van der Waals surface area contributed by atoms with E-state index in [1.54, 1.807) is 18.5 Å². The number of para-hydroxylation sites is 1. The summed E-state index contributed by atoms with van der Waals surface area (Å²) in [4.78, 5) is 12.4. The smallest absolute Gasteiger partial charge is 0.320 e. The molecule has 0 fully saturated rings. The fraction of sp³-hybridized carbons (Fsp3) is 0.474. The van der Waals surface area contributed by atoms with E-state index in [0.717, 1.165) is 16.9 Å². The number of nitrogens with zero attached hydrogens (tertiary/aromatic N) is 2. The molecule has 0 atom stereocenters. The van der Waals surface area contributed by atoms with Crippen molar-refractivity contribution in [3.63, 3.8) is 0 Å². The van der Waals surface area contributed by atoms with Crippen molar-refractivity contribution in [2.45, 2.75) is 52.5 Å². The minimum absolute atomic E-state index is 0.148. The molecule has 25 heavy (non-hydrogen) atoms. The Morgan fingerprint density at radius 3 is 2.28 bits per heavy atom. The van der Waals surface area contributed by atoms with Gasteiger partial charge in [-0.05, 0) is 32.9 Å². The van der Waals surface area contributed by atoms with Gasteiger partial charge in [0.2, 0.25) is 0 Å². The number of carbonyl (C=O) groups excluding carboxylic acids is 1. The topological polar surface area (TPSA) is 79.2 Å². The van der Waals surface area contributed by atoms with E-state index in [9.17, 15) is 9.90 Å². The lowest BCUT2D eigenvalue weighted by atomic mass is 9.90. The van der Waals surface area contributed by atoms with E-state index in [2.05, 4.69) is 31.4 Å². The maximum atomic E-state index is 12.4. The Hall–Kier alpha value is -2.34. The van der Waals surface area contributed by atoms with Crippen LogP contribution >= 0.6 is 0 Å².